The van der Waals surface area contributed by atoms with E-state index in [4.69, 9.17) is 16.3 Å². The number of methoxy groups -OCH3 is 1. The van der Waals surface area contributed by atoms with Crippen molar-refractivity contribution in [3.8, 4) is 5.75 Å². The normalized spacial score (nSPS) is 10.6. The van der Waals surface area contributed by atoms with Gasteiger partial charge in [0, 0.05) is 12.1 Å². The number of halogens is 1. The van der Waals surface area contributed by atoms with E-state index in [1.807, 2.05) is 0 Å². The number of Topliss-reactive ketones (excluding diaryl/α,β-unsaturated/α-hetero) is 1. The van der Waals surface area contributed by atoms with Gasteiger partial charge in [-0.25, -0.2) is 0 Å². The molecule has 0 unspecified atom stereocenters. The van der Waals surface area contributed by atoms with Crippen LogP contribution in [0.3, 0.4) is 0 Å². The number of ketones is 1. The first-order valence-corrected chi connectivity index (χ1v) is 8.01. The van der Waals surface area contributed by atoms with Crippen LogP contribution in [0, 0.1) is 10.1 Å². The van der Waals surface area contributed by atoms with E-state index < -0.39 is 10.8 Å². The lowest BCUT2D eigenvalue weighted by Crippen LogP contribution is -2.14. The van der Waals surface area contributed by atoms with Gasteiger partial charge < -0.3 is 10.1 Å². The summed E-state index contributed by atoms with van der Waals surface area (Å²) in [5, 5.41) is 21.5. The zero-order chi connectivity index (χ0) is 20.0. The van der Waals surface area contributed by atoms with Crippen molar-refractivity contribution in [3.63, 3.8) is 0 Å². The number of azo groups is 1. The van der Waals surface area contributed by atoms with Crippen LogP contribution >= 0.6 is 11.6 Å². The Balaban J connectivity index is 2.34. The highest BCUT2D eigenvalue weighted by molar-refractivity contribution is 6.32. The van der Waals surface area contributed by atoms with Gasteiger partial charge in [0.2, 0.25) is 5.91 Å². The molecule has 0 aliphatic heterocycles. The largest absolute Gasteiger partial charge is 0.497 e. The molecule has 2 aromatic rings. The van der Waals surface area contributed by atoms with Crippen LogP contribution in [0.4, 0.5) is 22.7 Å². The minimum absolute atomic E-state index is 0.0162. The van der Waals surface area contributed by atoms with Crippen molar-refractivity contribution in [2.45, 2.75) is 13.3 Å². The van der Waals surface area contributed by atoms with E-state index in [1.54, 1.807) is 12.1 Å². The summed E-state index contributed by atoms with van der Waals surface area (Å²) in [5.74, 6) is -0.306. The van der Waals surface area contributed by atoms with Gasteiger partial charge in [-0.15, -0.1) is 5.11 Å². The average molecular weight is 391 g/mol. The molecule has 0 aliphatic rings. The maximum atomic E-state index is 11.8. The first-order chi connectivity index (χ1) is 12.8. The number of benzene rings is 2. The molecular formula is C17H15ClN4O5. The summed E-state index contributed by atoms with van der Waals surface area (Å²) in [5.41, 5.74) is 0.474. The van der Waals surface area contributed by atoms with Crippen molar-refractivity contribution in [3.05, 3.63) is 51.5 Å². The molecule has 0 fully saturated rings. The summed E-state index contributed by atoms with van der Waals surface area (Å²) in [4.78, 5) is 33.2. The van der Waals surface area contributed by atoms with Gasteiger partial charge in [0.05, 0.1) is 29.8 Å². The highest BCUT2D eigenvalue weighted by atomic mass is 35.5. The molecule has 1 amide bonds. The number of hydrogen-bond acceptors (Lipinski definition) is 7. The van der Waals surface area contributed by atoms with Crippen LogP contribution in [0.15, 0.2) is 46.6 Å². The molecule has 0 radical (unpaired) electrons. The van der Waals surface area contributed by atoms with Crippen molar-refractivity contribution < 1.29 is 19.2 Å². The molecule has 0 atom stereocenters. The van der Waals surface area contributed by atoms with Crippen LogP contribution in [0.25, 0.3) is 0 Å². The second kappa shape index (κ2) is 8.86. The molecule has 1 N–H and O–H groups in total. The third-order valence-electron chi connectivity index (χ3n) is 3.29. The first-order valence-electron chi connectivity index (χ1n) is 7.63. The number of ether oxygens (including phenoxy) is 1. The molecule has 0 heterocycles. The average Bonchev–Trinajstić information content (AvgIpc) is 2.61. The lowest BCUT2D eigenvalue weighted by atomic mass is 10.2. The van der Waals surface area contributed by atoms with E-state index in [0.29, 0.717) is 11.4 Å². The predicted octanol–water partition coefficient (Wildman–Crippen LogP) is 4.59. The van der Waals surface area contributed by atoms with Crippen molar-refractivity contribution >= 4 is 46.0 Å². The van der Waals surface area contributed by atoms with Gasteiger partial charge in [-0.3, -0.25) is 19.7 Å². The number of rotatable bonds is 7. The Morgan fingerprint density at radius 3 is 2.59 bits per heavy atom. The summed E-state index contributed by atoms with van der Waals surface area (Å²) in [6.45, 7) is 1.31. The number of carbonyl (C=O) groups is 2. The molecule has 0 aromatic heterocycles. The van der Waals surface area contributed by atoms with Crippen LogP contribution < -0.4 is 10.1 Å². The number of nitro groups is 1. The number of nitro benzene ring substituents is 1. The minimum atomic E-state index is -0.625. The monoisotopic (exact) mass is 390 g/mol. The highest BCUT2D eigenvalue weighted by Gasteiger charge is 2.13. The molecular weight excluding hydrogens is 376 g/mol. The first kappa shape index (κ1) is 20.0. The number of nitrogens with zero attached hydrogens (tertiary/aromatic N) is 3. The van der Waals surface area contributed by atoms with E-state index in [0.717, 1.165) is 0 Å². The SMILES string of the molecule is COc1ccc(NC(=O)CC(C)=O)c(N=Nc2ccc(Cl)c([N+](=O)[O-])c2)c1. The van der Waals surface area contributed by atoms with Crippen molar-refractivity contribution in [1.82, 2.24) is 0 Å². The Morgan fingerprint density at radius 1 is 1.22 bits per heavy atom. The molecule has 0 bridgehead atoms. The zero-order valence-electron chi connectivity index (χ0n) is 14.4. The van der Waals surface area contributed by atoms with Crippen LogP contribution in [0.5, 0.6) is 5.75 Å². The molecule has 140 valence electrons. The third kappa shape index (κ3) is 5.58. The molecule has 0 aliphatic carbocycles. The Bertz CT molecular complexity index is 930. The van der Waals surface area contributed by atoms with E-state index in [1.165, 1.54) is 38.3 Å². The fourth-order valence-corrected chi connectivity index (χ4v) is 2.25. The number of carbonyl (C=O) groups excluding carboxylic acids is 2. The molecule has 0 saturated carbocycles. The fourth-order valence-electron chi connectivity index (χ4n) is 2.06. The Labute approximate surface area is 159 Å². The summed E-state index contributed by atoms with van der Waals surface area (Å²) in [6.07, 6.45) is -0.272. The van der Waals surface area contributed by atoms with Crippen molar-refractivity contribution in [1.29, 1.82) is 0 Å². The molecule has 10 heteroatoms. The van der Waals surface area contributed by atoms with Crippen LogP contribution in [-0.2, 0) is 9.59 Å². The third-order valence-corrected chi connectivity index (χ3v) is 3.61. The van der Waals surface area contributed by atoms with Gasteiger partial charge in [-0.05, 0) is 31.2 Å². The maximum absolute atomic E-state index is 11.8. The number of hydrogen-bond donors (Lipinski definition) is 1. The van der Waals surface area contributed by atoms with E-state index in [9.17, 15) is 19.7 Å². The van der Waals surface area contributed by atoms with Gasteiger partial charge in [0.25, 0.3) is 5.69 Å². The maximum Gasteiger partial charge on any atom is 0.290 e. The van der Waals surface area contributed by atoms with E-state index >= 15 is 0 Å². The van der Waals surface area contributed by atoms with Gasteiger partial charge in [0.15, 0.2) is 0 Å². The van der Waals surface area contributed by atoms with Gasteiger partial charge in [-0.2, -0.15) is 5.11 Å². The molecule has 2 rings (SSSR count). The minimum Gasteiger partial charge on any atom is -0.497 e. The summed E-state index contributed by atoms with van der Waals surface area (Å²) < 4.78 is 5.12. The predicted molar refractivity (Wildman–Crippen MR) is 99.2 cm³/mol. The second-order valence-electron chi connectivity index (χ2n) is 5.40. The van der Waals surface area contributed by atoms with Crippen molar-refractivity contribution in [2.75, 3.05) is 12.4 Å². The molecule has 2 aromatic carbocycles. The topological polar surface area (TPSA) is 123 Å². The lowest BCUT2D eigenvalue weighted by Gasteiger charge is -2.08. The van der Waals surface area contributed by atoms with E-state index in [2.05, 4.69) is 15.5 Å². The molecule has 9 nitrogen and oxygen atoms in total. The summed E-state index contributed by atoms with van der Waals surface area (Å²) >= 11 is 5.77. The molecule has 27 heavy (non-hydrogen) atoms. The van der Waals surface area contributed by atoms with Crippen LogP contribution in [-0.4, -0.2) is 23.7 Å². The molecule has 0 spiro atoms. The van der Waals surface area contributed by atoms with E-state index in [-0.39, 0.29) is 34.3 Å². The van der Waals surface area contributed by atoms with Crippen LogP contribution in [0.1, 0.15) is 13.3 Å². The fraction of sp³-hybridized carbons (Fsp3) is 0.176. The smallest absolute Gasteiger partial charge is 0.290 e. The summed E-state index contributed by atoms with van der Waals surface area (Å²) in [6, 6.07) is 8.67. The summed E-state index contributed by atoms with van der Waals surface area (Å²) in [7, 11) is 1.47. The highest BCUT2D eigenvalue weighted by Crippen LogP contribution is 2.33. The second-order valence-corrected chi connectivity index (χ2v) is 5.81. The Hall–Kier alpha value is -3.33. The molecule has 0 saturated heterocycles. The number of amides is 1. The number of anilines is 1. The van der Waals surface area contributed by atoms with Crippen molar-refractivity contribution in [2.24, 2.45) is 10.2 Å². The number of nitrogens with one attached hydrogen (secondary N) is 1. The van der Waals surface area contributed by atoms with Gasteiger partial charge in [-0.1, -0.05) is 11.6 Å². The Morgan fingerprint density at radius 2 is 1.96 bits per heavy atom. The lowest BCUT2D eigenvalue weighted by molar-refractivity contribution is -0.384. The standard InChI is InChI=1S/C17H15ClN4O5/c1-10(23)7-17(24)19-14-6-4-12(27-2)9-15(14)21-20-11-3-5-13(18)16(8-11)22(25)26/h3-6,8-9H,7H2,1-2H3,(H,19,24). The van der Waals surface area contributed by atoms with Gasteiger partial charge in [0.1, 0.15) is 22.2 Å². The quantitative estimate of drug-likeness (QED) is 0.320. The Kier molecular flexibility index (Phi) is 6.56. The van der Waals surface area contributed by atoms with Crippen LogP contribution in [0.2, 0.25) is 5.02 Å². The van der Waals surface area contributed by atoms with Gasteiger partial charge >= 0.3 is 0 Å². The zero-order valence-corrected chi connectivity index (χ0v) is 15.2.